The summed E-state index contributed by atoms with van der Waals surface area (Å²) in [5, 5.41) is 10.6. The summed E-state index contributed by atoms with van der Waals surface area (Å²) in [6.07, 6.45) is -0.226. The van der Waals surface area contributed by atoms with Crippen LogP contribution in [-0.2, 0) is 4.79 Å². The molecule has 0 aromatic heterocycles. The van der Waals surface area contributed by atoms with E-state index >= 15 is 0 Å². The smallest absolute Gasteiger partial charge is 0.165 e. The Balaban J connectivity index is 2.23. The third-order valence-corrected chi connectivity index (χ3v) is 2.81. The van der Waals surface area contributed by atoms with Crippen molar-refractivity contribution in [3.63, 3.8) is 0 Å². The van der Waals surface area contributed by atoms with Crippen LogP contribution in [0.15, 0.2) is 48.5 Å². The van der Waals surface area contributed by atoms with Gasteiger partial charge in [-0.1, -0.05) is 18.2 Å². The van der Waals surface area contributed by atoms with Gasteiger partial charge in [0.25, 0.3) is 0 Å². The van der Waals surface area contributed by atoms with Crippen LogP contribution in [0, 0.1) is 5.82 Å². The molecule has 104 valence electrons. The van der Waals surface area contributed by atoms with Crippen LogP contribution in [0.25, 0.3) is 0 Å². The van der Waals surface area contributed by atoms with E-state index in [0.717, 1.165) is 0 Å². The van der Waals surface area contributed by atoms with E-state index in [9.17, 15) is 14.3 Å². The Bertz CT molecular complexity index is 601. The third kappa shape index (κ3) is 3.55. The molecule has 0 saturated heterocycles. The van der Waals surface area contributed by atoms with E-state index in [4.69, 9.17) is 4.74 Å². The molecule has 2 aromatic rings. The molecule has 5 heteroatoms. The second-order valence-electron chi connectivity index (χ2n) is 4.38. The molecule has 0 bridgehead atoms. The summed E-state index contributed by atoms with van der Waals surface area (Å²) in [6.45, 7) is 0. The van der Waals surface area contributed by atoms with Gasteiger partial charge < -0.3 is 20.4 Å². The van der Waals surface area contributed by atoms with Crippen LogP contribution in [-0.4, -0.2) is 5.97 Å². The number of carboxylic acid groups (broad SMARTS) is 1. The molecule has 2 rings (SSSR count). The molecule has 0 aliphatic carbocycles. The Morgan fingerprint density at radius 2 is 1.95 bits per heavy atom. The first kappa shape index (κ1) is 14.0. The Labute approximate surface area is 115 Å². The van der Waals surface area contributed by atoms with Gasteiger partial charge in [0.2, 0.25) is 0 Å². The van der Waals surface area contributed by atoms with E-state index in [1.165, 1.54) is 18.2 Å². The van der Waals surface area contributed by atoms with Crippen molar-refractivity contribution in [3.05, 3.63) is 59.9 Å². The zero-order valence-electron chi connectivity index (χ0n) is 10.7. The van der Waals surface area contributed by atoms with Gasteiger partial charge in [-0.3, -0.25) is 0 Å². The molecular formula is C15H14FNO3. The lowest BCUT2D eigenvalue weighted by Crippen LogP contribution is -2.55. The third-order valence-electron chi connectivity index (χ3n) is 2.81. The highest BCUT2D eigenvalue weighted by atomic mass is 19.1. The number of quaternary nitrogens is 1. The minimum absolute atomic E-state index is 0.0423. The number of carbonyl (C=O) groups is 1. The molecular weight excluding hydrogens is 261 g/mol. The highest BCUT2D eigenvalue weighted by molar-refractivity contribution is 5.65. The lowest BCUT2D eigenvalue weighted by Gasteiger charge is -2.12. The summed E-state index contributed by atoms with van der Waals surface area (Å²) in [5.41, 5.74) is 4.31. The Morgan fingerprint density at radius 1 is 1.25 bits per heavy atom. The molecule has 0 spiro atoms. The monoisotopic (exact) mass is 275 g/mol. The van der Waals surface area contributed by atoms with Gasteiger partial charge in [0, 0.05) is 18.0 Å². The molecule has 2 aromatic carbocycles. The average molecular weight is 275 g/mol. The fourth-order valence-electron chi connectivity index (χ4n) is 1.79. The first-order valence-electron chi connectivity index (χ1n) is 6.11. The SMILES string of the molecule is [NH3+][C@H](CC(=O)[O-])c1ccc(F)c(Oc2ccccc2)c1. The number of aliphatic carboxylic acids is 1. The molecule has 4 nitrogen and oxygen atoms in total. The fourth-order valence-corrected chi connectivity index (χ4v) is 1.79. The second-order valence-corrected chi connectivity index (χ2v) is 4.38. The topological polar surface area (TPSA) is 77.0 Å². The van der Waals surface area contributed by atoms with Crippen LogP contribution >= 0.6 is 0 Å². The summed E-state index contributed by atoms with van der Waals surface area (Å²) < 4.78 is 19.1. The molecule has 0 aliphatic heterocycles. The number of rotatable bonds is 5. The number of hydrogen-bond acceptors (Lipinski definition) is 3. The van der Waals surface area contributed by atoms with Crippen LogP contribution < -0.4 is 15.6 Å². The highest BCUT2D eigenvalue weighted by Gasteiger charge is 2.14. The zero-order valence-corrected chi connectivity index (χ0v) is 10.7. The largest absolute Gasteiger partial charge is 0.550 e. The minimum atomic E-state index is -1.19. The van der Waals surface area contributed by atoms with Crippen molar-refractivity contribution in [2.45, 2.75) is 12.5 Å². The molecule has 0 fully saturated rings. The van der Waals surface area contributed by atoms with Gasteiger partial charge in [-0.25, -0.2) is 4.39 Å². The van der Waals surface area contributed by atoms with Crippen molar-refractivity contribution < 1.29 is 24.8 Å². The first-order valence-corrected chi connectivity index (χ1v) is 6.11. The Morgan fingerprint density at radius 3 is 2.60 bits per heavy atom. The van der Waals surface area contributed by atoms with E-state index in [1.807, 2.05) is 6.07 Å². The maximum Gasteiger partial charge on any atom is 0.165 e. The minimum Gasteiger partial charge on any atom is -0.550 e. The van der Waals surface area contributed by atoms with Crippen molar-refractivity contribution in [1.82, 2.24) is 0 Å². The van der Waals surface area contributed by atoms with E-state index in [2.05, 4.69) is 5.73 Å². The van der Waals surface area contributed by atoms with Crippen molar-refractivity contribution in [2.75, 3.05) is 0 Å². The normalized spacial score (nSPS) is 11.9. The number of ether oxygens (including phenoxy) is 1. The summed E-state index contributed by atoms with van der Waals surface area (Å²) in [7, 11) is 0. The number of carbonyl (C=O) groups excluding carboxylic acids is 1. The van der Waals surface area contributed by atoms with Gasteiger partial charge in [-0.15, -0.1) is 0 Å². The van der Waals surface area contributed by atoms with Crippen molar-refractivity contribution in [3.8, 4) is 11.5 Å². The molecule has 3 N–H and O–H groups in total. The van der Waals surface area contributed by atoms with Crippen LogP contribution in [0.1, 0.15) is 18.0 Å². The maximum absolute atomic E-state index is 13.7. The van der Waals surface area contributed by atoms with Crippen molar-refractivity contribution >= 4 is 5.97 Å². The van der Waals surface area contributed by atoms with Crippen molar-refractivity contribution in [1.29, 1.82) is 0 Å². The molecule has 0 unspecified atom stereocenters. The predicted molar refractivity (Wildman–Crippen MR) is 68.2 cm³/mol. The fraction of sp³-hybridized carbons (Fsp3) is 0.133. The first-order chi connectivity index (χ1) is 9.56. The second kappa shape index (κ2) is 6.16. The standard InChI is InChI=1S/C15H14FNO3/c16-12-7-6-10(13(17)9-15(18)19)8-14(12)20-11-4-2-1-3-5-11/h1-8,13H,9,17H2,(H,18,19)/t13-/m1/s1. The van der Waals surface area contributed by atoms with E-state index < -0.39 is 17.8 Å². The summed E-state index contributed by atoms with van der Waals surface area (Å²) in [6, 6.07) is 12.5. The number of benzene rings is 2. The summed E-state index contributed by atoms with van der Waals surface area (Å²) in [5.74, 6) is -1.16. The molecule has 1 atom stereocenters. The Hall–Kier alpha value is -2.40. The summed E-state index contributed by atoms with van der Waals surface area (Å²) in [4.78, 5) is 10.6. The van der Waals surface area contributed by atoms with Gasteiger partial charge in [0.05, 0.1) is 0 Å². The average Bonchev–Trinajstić information content (AvgIpc) is 2.41. The molecule has 0 amide bonds. The quantitative estimate of drug-likeness (QED) is 0.885. The zero-order chi connectivity index (χ0) is 14.5. The molecule has 0 radical (unpaired) electrons. The van der Waals surface area contributed by atoms with Crippen LogP contribution in [0.4, 0.5) is 4.39 Å². The van der Waals surface area contributed by atoms with E-state index in [1.54, 1.807) is 24.3 Å². The molecule has 0 heterocycles. The van der Waals surface area contributed by atoms with Gasteiger partial charge in [0.15, 0.2) is 11.6 Å². The van der Waals surface area contributed by atoms with Gasteiger partial charge in [-0.05, 0) is 30.3 Å². The van der Waals surface area contributed by atoms with E-state index in [-0.39, 0.29) is 12.2 Å². The lowest BCUT2D eigenvalue weighted by molar-refractivity contribution is -0.430. The maximum atomic E-state index is 13.7. The van der Waals surface area contributed by atoms with Crippen molar-refractivity contribution in [2.24, 2.45) is 0 Å². The Kier molecular flexibility index (Phi) is 4.32. The van der Waals surface area contributed by atoms with Crippen LogP contribution in [0.5, 0.6) is 11.5 Å². The highest BCUT2D eigenvalue weighted by Crippen LogP contribution is 2.27. The number of halogens is 1. The van der Waals surface area contributed by atoms with E-state index in [0.29, 0.717) is 11.3 Å². The predicted octanol–water partition coefficient (Wildman–Crippen LogP) is 1.04. The number of hydrogen-bond donors (Lipinski definition) is 1. The molecule has 20 heavy (non-hydrogen) atoms. The lowest BCUT2D eigenvalue weighted by atomic mass is 10.0. The molecule has 0 saturated carbocycles. The van der Waals surface area contributed by atoms with Gasteiger partial charge >= 0.3 is 0 Å². The number of carboxylic acids is 1. The van der Waals surface area contributed by atoms with Gasteiger partial charge in [0.1, 0.15) is 11.8 Å². The molecule has 0 aliphatic rings. The summed E-state index contributed by atoms with van der Waals surface area (Å²) >= 11 is 0. The number of para-hydroxylation sites is 1. The van der Waals surface area contributed by atoms with Gasteiger partial charge in [-0.2, -0.15) is 0 Å². The van der Waals surface area contributed by atoms with Crippen LogP contribution in [0.3, 0.4) is 0 Å². The van der Waals surface area contributed by atoms with Crippen LogP contribution in [0.2, 0.25) is 0 Å².